The average molecular weight is 253 g/mol. The summed E-state index contributed by atoms with van der Waals surface area (Å²) in [4.78, 5) is 23.0. The van der Waals surface area contributed by atoms with Crippen LogP contribution in [0.15, 0.2) is 0 Å². The topological polar surface area (TPSA) is 75.6 Å². The van der Waals surface area contributed by atoms with Gasteiger partial charge in [-0.2, -0.15) is 0 Å². The smallest absolute Gasteiger partial charge is 0.329 e. The van der Waals surface area contributed by atoms with E-state index in [1.807, 2.05) is 0 Å². The number of aliphatic carboxylic acids is 1. The van der Waals surface area contributed by atoms with E-state index in [0.717, 1.165) is 6.42 Å². The maximum Gasteiger partial charge on any atom is 0.329 e. The number of ether oxygens (including phenoxy) is 1. The van der Waals surface area contributed by atoms with Gasteiger partial charge in [-0.15, -0.1) is 12.3 Å². The fourth-order valence-corrected chi connectivity index (χ4v) is 1.95. The number of terminal acetylenes is 1. The Labute approximate surface area is 107 Å². The molecule has 0 aromatic rings. The molecule has 0 saturated carbocycles. The highest BCUT2D eigenvalue weighted by Crippen LogP contribution is 2.21. The molecule has 0 aromatic heterocycles. The Morgan fingerprint density at radius 2 is 2.00 bits per heavy atom. The van der Waals surface area contributed by atoms with Crippen molar-refractivity contribution in [3.05, 3.63) is 0 Å². The van der Waals surface area contributed by atoms with Gasteiger partial charge in [-0.05, 0) is 12.8 Å². The summed E-state index contributed by atoms with van der Waals surface area (Å²) >= 11 is 0. The minimum Gasteiger partial charge on any atom is -0.480 e. The van der Waals surface area contributed by atoms with E-state index >= 15 is 0 Å². The lowest BCUT2D eigenvalue weighted by atomic mass is 9.90. The zero-order chi connectivity index (χ0) is 13.4. The van der Waals surface area contributed by atoms with E-state index in [-0.39, 0.29) is 5.91 Å². The summed E-state index contributed by atoms with van der Waals surface area (Å²) in [6.07, 6.45) is 8.18. The van der Waals surface area contributed by atoms with Crippen LogP contribution in [0, 0.1) is 12.3 Å². The van der Waals surface area contributed by atoms with Crippen LogP contribution < -0.4 is 5.32 Å². The van der Waals surface area contributed by atoms with Gasteiger partial charge in [0.25, 0.3) is 0 Å². The van der Waals surface area contributed by atoms with Gasteiger partial charge in [-0.3, -0.25) is 4.79 Å². The van der Waals surface area contributed by atoms with Crippen LogP contribution in [0.3, 0.4) is 0 Å². The van der Waals surface area contributed by atoms with Gasteiger partial charge in [0.15, 0.2) is 0 Å². The first-order valence-electron chi connectivity index (χ1n) is 6.16. The van der Waals surface area contributed by atoms with Crippen molar-refractivity contribution in [1.82, 2.24) is 5.32 Å². The molecular formula is C13H19NO4. The van der Waals surface area contributed by atoms with Crippen LogP contribution in [0.1, 0.15) is 38.5 Å². The molecule has 1 rings (SSSR count). The molecule has 5 nitrogen and oxygen atoms in total. The van der Waals surface area contributed by atoms with E-state index in [9.17, 15) is 14.7 Å². The Kier molecular flexibility index (Phi) is 5.66. The maximum atomic E-state index is 11.7. The van der Waals surface area contributed by atoms with Crippen LogP contribution >= 0.6 is 0 Å². The molecule has 18 heavy (non-hydrogen) atoms. The van der Waals surface area contributed by atoms with E-state index in [1.165, 1.54) is 0 Å². The van der Waals surface area contributed by atoms with E-state index in [4.69, 9.17) is 11.2 Å². The van der Waals surface area contributed by atoms with E-state index in [2.05, 4.69) is 11.2 Å². The third-order valence-electron chi connectivity index (χ3n) is 3.11. The van der Waals surface area contributed by atoms with Gasteiger partial charge in [0.1, 0.15) is 5.54 Å². The third kappa shape index (κ3) is 4.04. The number of carboxylic acids is 1. The summed E-state index contributed by atoms with van der Waals surface area (Å²) < 4.78 is 5.13. The number of hydrogen-bond acceptors (Lipinski definition) is 3. The van der Waals surface area contributed by atoms with E-state index in [1.54, 1.807) is 0 Å². The number of rotatable bonds is 6. The molecular weight excluding hydrogens is 234 g/mol. The van der Waals surface area contributed by atoms with Crippen molar-refractivity contribution in [3.63, 3.8) is 0 Å². The Balaban J connectivity index is 2.44. The number of hydrogen-bond donors (Lipinski definition) is 2. The first-order valence-corrected chi connectivity index (χ1v) is 6.16. The molecule has 1 aliphatic heterocycles. The number of amides is 1. The molecule has 1 amide bonds. The van der Waals surface area contributed by atoms with Crippen molar-refractivity contribution < 1.29 is 19.4 Å². The van der Waals surface area contributed by atoms with Crippen LogP contribution in [-0.4, -0.2) is 35.7 Å². The molecule has 0 unspecified atom stereocenters. The molecule has 5 heteroatoms. The van der Waals surface area contributed by atoms with Gasteiger partial charge in [-0.1, -0.05) is 0 Å². The number of nitrogens with one attached hydrogen (secondary N) is 1. The predicted octanol–water partition coefficient (Wildman–Crippen LogP) is 0.930. The standard InChI is InChI=1S/C13H19NO4/c1-2-3-4-5-6-11(15)14-13(12(16)17)7-9-18-10-8-13/h1H,3-10H2,(H,14,15)(H,16,17). The largest absolute Gasteiger partial charge is 0.480 e. The van der Waals surface area contributed by atoms with Crippen LogP contribution in [0.4, 0.5) is 0 Å². The van der Waals surface area contributed by atoms with Gasteiger partial charge < -0.3 is 15.2 Å². The fourth-order valence-electron chi connectivity index (χ4n) is 1.95. The van der Waals surface area contributed by atoms with Crippen molar-refractivity contribution in [1.29, 1.82) is 0 Å². The maximum absolute atomic E-state index is 11.7. The number of unbranched alkanes of at least 4 members (excludes halogenated alkanes) is 2. The molecule has 0 aliphatic carbocycles. The molecule has 1 heterocycles. The first-order chi connectivity index (χ1) is 8.60. The molecule has 0 aromatic carbocycles. The number of carbonyl (C=O) groups excluding carboxylic acids is 1. The van der Waals surface area contributed by atoms with Crippen LogP contribution in [0.25, 0.3) is 0 Å². The molecule has 100 valence electrons. The lowest BCUT2D eigenvalue weighted by molar-refractivity contribution is -0.152. The molecule has 1 aliphatic rings. The van der Waals surface area contributed by atoms with Crippen molar-refractivity contribution >= 4 is 11.9 Å². The highest BCUT2D eigenvalue weighted by atomic mass is 16.5. The normalized spacial score (nSPS) is 17.7. The molecule has 0 spiro atoms. The molecule has 1 saturated heterocycles. The van der Waals surface area contributed by atoms with Crippen LogP contribution in [0.5, 0.6) is 0 Å². The summed E-state index contributed by atoms with van der Waals surface area (Å²) in [5, 5.41) is 11.9. The highest BCUT2D eigenvalue weighted by molar-refractivity contribution is 5.87. The van der Waals surface area contributed by atoms with Crippen molar-refractivity contribution in [2.45, 2.75) is 44.1 Å². The van der Waals surface area contributed by atoms with Gasteiger partial charge in [0.2, 0.25) is 5.91 Å². The van der Waals surface area contributed by atoms with Gasteiger partial charge >= 0.3 is 5.97 Å². The Morgan fingerprint density at radius 3 is 2.56 bits per heavy atom. The zero-order valence-corrected chi connectivity index (χ0v) is 10.4. The molecule has 0 radical (unpaired) electrons. The lowest BCUT2D eigenvalue weighted by Crippen LogP contribution is -2.57. The van der Waals surface area contributed by atoms with E-state index in [0.29, 0.717) is 45.3 Å². The summed E-state index contributed by atoms with van der Waals surface area (Å²) in [7, 11) is 0. The lowest BCUT2D eigenvalue weighted by Gasteiger charge is -2.33. The second-order valence-corrected chi connectivity index (χ2v) is 4.46. The van der Waals surface area contributed by atoms with Crippen LogP contribution in [-0.2, 0) is 14.3 Å². The second-order valence-electron chi connectivity index (χ2n) is 4.46. The number of carbonyl (C=O) groups is 2. The average Bonchev–Trinajstić information content (AvgIpc) is 2.35. The summed E-state index contributed by atoms with van der Waals surface area (Å²) in [6.45, 7) is 0.730. The first kappa shape index (κ1) is 14.5. The number of carboxylic acid groups (broad SMARTS) is 1. The van der Waals surface area contributed by atoms with Crippen molar-refractivity contribution in [3.8, 4) is 12.3 Å². The SMILES string of the molecule is C#CCCCCC(=O)NC1(C(=O)O)CCOCC1. The summed E-state index contributed by atoms with van der Waals surface area (Å²) in [6, 6.07) is 0. The third-order valence-corrected chi connectivity index (χ3v) is 3.11. The molecule has 1 fully saturated rings. The minimum atomic E-state index is -1.15. The predicted molar refractivity (Wildman–Crippen MR) is 65.9 cm³/mol. The van der Waals surface area contributed by atoms with Crippen molar-refractivity contribution in [2.75, 3.05) is 13.2 Å². The zero-order valence-electron chi connectivity index (χ0n) is 10.4. The van der Waals surface area contributed by atoms with Gasteiger partial charge in [0.05, 0.1) is 0 Å². The molecule has 2 N–H and O–H groups in total. The quantitative estimate of drug-likeness (QED) is 0.545. The Hall–Kier alpha value is -1.54. The minimum absolute atomic E-state index is 0.226. The summed E-state index contributed by atoms with van der Waals surface area (Å²) in [5.41, 5.74) is -1.15. The summed E-state index contributed by atoms with van der Waals surface area (Å²) in [5.74, 6) is 1.30. The fraction of sp³-hybridized carbons (Fsp3) is 0.692. The Bertz CT molecular complexity index is 339. The second kappa shape index (κ2) is 7.02. The van der Waals surface area contributed by atoms with Gasteiger partial charge in [0, 0.05) is 38.9 Å². The van der Waals surface area contributed by atoms with E-state index < -0.39 is 11.5 Å². The van der Waals surface area contributed by atoms with Crippen LogP contribution in [0.2, 0.25) is 0 Å². The van der Waals surface area contributed by atoms with Gasteiger partial charge in [-0.25, -0.2) is 4.79 Å². The highest BCUT2D eigenvalue weighted by Gasteiger charge is 2.41. The Morgan fingerprint density at radius 1 is 1.33 bits per heavy atom. The molecule has 0 bridgehead atoms. The molecule has 0 atom stereocenters. The monoisotopic (exact) mass is 253 g/mol. The van der Waals surface area contributed by atoms with Crippen molar-refractivity contribution in [2.24, 2.45) is 0 Å².